The van der Waals surface area contributed by atoms with Gasteiger partial charge in [-0.05, 0) is 57.2 Å². The van der Waals surface area contributed by atoms with Crippen molar-refractivity contribution in [2.24, 2.45) is 0 Å². The Hall–Kier alpha value is -1.28. The van der Waals surface area contributed by atoms with Gasteiger partial charge in [0.2, 0.25) is 0 Å². The molecule has 6 nitrogen and oxygen atoms in total. The van der Waals surface area contributed by atoms with Crippen molar-refractivity contribution in [3.05, 3.63) is 16.3 Å². The lowest BCUT2D eigenvalue weighted by molar-refractivity contribution is 0.0331. The Morgan fingerprint density at radius 2 is 1.77 bits per heavy atom. The fourth-order valence-corrected chi connectivity index (χ4v) is 6.44. The third kappa shape index (κ3) is 4.35. The molecule has 0 saturated carbocycles. The lowest BCUT2D eigenvalue weighted by atomic mass is 9.97. The molecule has 0 N–H and O–H groups in total. The summed E-state index contributed by atoms with van der Waals surface area (Å²) in [5, 5.41) is 1.38. The zero-order chi connectivity index (χ0) is 20.3. The third-order valence-corrected chi connectivity index (χ3v) is 7.92. The maximum absolute atomic E-state index is 5.53. The normalized spacial score (nSPS) is 21.7. The highest BCUT2D eigenvalue weighted by atomic mass is 32.1. The summed E-state index contributed by atoms with van der Waals surface area (Å²) in [6.07, 6.45) is 7.50. The Morgan fingerprint density at radius 1 is 0.900 bits per heavy atom. The van der Waals surface area contributed by atoms with Crippen molar-refractivity contribution in [1.29, 1.82) is 0 Å². The average Bonchev–Trinajstić information content (AvgIpc) is 2.98. The molecule has 1 aliphatic carbocycles. The van der Waals surface area contributed by atoms with Gasteiger partial charge in [0.15, 0.2) is 0 Å². The molecule has 2 aromatic rings. The van der Waals surface area contributed by atoms with Crippen molar-refractivity contribution in [3.63, 3.8) is 0 Å². The molecule has 0 amide bonds. The smallest absolute Gasteiger partial charge is 0.146 e. The summed E-state index contributed by atoms with van der Waals surface area (Å²) < 4.78 is 5.53. The molecule has 2 aliphatic heterocycles. The van der Waals surface area contributed by atoms with Gasteiger partial charge in [-0.1, -0.05) is 6.92 Å². The molecular formula is C23H35N5OS. The van der Waals surface area contributed by atoms with E-state index in [0.29, 0.717) is 0 Å². The maximum Gasteiger partial charge on any atom is 0.146 e. The van der Waals surface area contributed by atoms with Gasteiger partial charge in [-0.3, -0.25) is 4.90 Å². The highest BCUT2D eigenvalue weighted by Gasteiger charge is 2.26. The summed E-state index contributed by atoms with van der Waals surface area (Å²) in [5.74, 6) is 2.22. The lowest BCUT2D eigenvalue weighted by Crippen LogP contribution is -2.36. The van der Waals surface area contributed by atoms with Crippen molar-refractivity contribution in [1.82, 2.24) is 19.8 Å². The fourth-order valence-electron chi connectivity index (χ4n) is 5.16. The van der Waals surface area contributed by atoms with Crippen LogP contribution in [0.25, 0.3) is 10.2 Å². The lowest BCUT2D eigenvalue weighted by Gasteiger charge is -2.27. The maximum atomic E-state index is 5.53. The molecule has 3 aliphatic rings. The van der Waals surface area contributed by atoms with Gasteiger partial charge < -0.3 is 14.5 Å². The van der Waals surface area contributed by atoms with Crippen molar-refractivity contribution in [2.75, 3.05) is 63.9 Å². The quantitative estimate of drug-likeness (QED) is 0.727. The Bertz CT molecular complexity index is 863. The topological polar surface area (TPSA) is 44.7 Å². The zero-order valence-electron chi connectivity index (χ0n) is 18.4. The summed E-state index contributed by atoms with van der Waals surface area (Å²) in [6.45, 7) is 12.5. The number of aryl methyl sites for hydroxylation is 2. The first-order chi connectivity index (χ1) is 14.8. The number of aromatic nitrogens is 2. The van der Waals surface area contributed by atoms with Crippen LogP contribution in [0.2, 0.25) is 0 Å². The van der Waals surface area contributed by atoms with Gasteiger partial charge in [0, 0.05) is 37.6 Å². The standard InChI is InChI=1S/C23H35N5OS/c1-2-8-26-9-5-10-28(12-11-26)22-21-18-6-3-4-7-19(18)30-23(21)25-20(24-22)17-27-13-15-29-16-14-27/h2-17H2,1H3. The Balaban J connectivity index is 1.49. The van der Waals surface area contributed by atoms with Crippen LogP contribution in [0.3, 0.4) is 0 Å². The second-order valence-electron chi connectivity index (χ2n) is 8.93. The third-order valence-electron chi connectivity index (χ3n) is 6.74. The molecule has 164 valence electrons. The molecule has 2 saturated heterocycles. The highest BCUT2D eigenvalue weighted by molar-refractivity contribution is 7.19. The molecular weight excluding hydrogens is 394 g/mol. The second kappa shape index (κ2) is 9.47. The van der Waals surface area contributed by atoms with Gasteiger partial charge >= 0.3 is 0 Å². The van der Waals surface area contributed by atoms with Crippen LogP contribution in [-0.2, 0) is 24.1 Å². The Morgan fingerprint density at radius 3 is 2.63 bits per heavy atom. The van der Waals surface area contributed by atoms with E-state index in [0.717, 1.165) is 58.3 Å². The van der Waals surface area contributed by atoms with E-state index < -0.39 is 0 Å². The van der Waals surface area contributed by atoms with Gasteiger partial charge in [-0.2, -0.15) is 0 Å². The number of rotatable bonds is 5. The number of anilines is 1. The van der Waals surface area contributed by atoms with Crippen molar-refractivity contribution >= 4 is 27.4 Å². The summed E-state index contributed by atoms with van der Waals surface area (Å²) in [6, 6.07) is 0. The minimum Gasteiger partial charge on any atom is -0.379 e. The largest absolute Gasteiger partial charge is 0.379 e. The molecule has 4 heterocycles. The van der Waals surface area contributed by atoms with Gasteiger partial charge in [0.05, 0.1) is 25.1 Å². The molecule has 2 fully saturated rings. The number of nitrogens with zero attached hydrogens (tertiary/aromatic N) is 5. The summed E-state index contributed by atoms with van der Waals surface area (Å²) in [4.78, 5) is 20.7. The van der Waals surface area contributed by atoms with Gasteiger partial charge in [-0.25, -0.2) is 9.97 Å². The van der Waals surface area contributed by atoms with Crippen molar-refractivity contribution in [3.8, 4) is 0 Å². The van der Waals surface area contributed by atoms with Crippen LogP contribution in [0.4, 0.5) is 5.82 Å². The van der Waals surface area contributed by atoms with E-state index in [1.165, 1.54) is 67.6 Å². The minimum atomic E-state index is 0.821. The van der Waals surface area contributed by atoms with Crippen LogP contribution < -0.4 is 4.90 Å². The average molecular weight is 430 g/mol. The molecule has 0 aromatic carbocycles. The van der Waals surface area contributed by atoms with E-state index in [9.17, 15) is 0 Å². The van der Waals surface area contributed by atoms with E-state index in [2.05, 4.69) is 21.6 Å². The Kier molecular flexibility index (Phi) is 6.51. The number of morpholine rings is 1. The molecule has 0 spiro atoms. The fraction of sp³-hybridized carbons (Fsp3) is 0.739. The number of hydrogen-bond acceptors (Lipinski definition) is 7. The van der Waals surface area contributed by atoms with E-state index >= 15 is 0 Å². The predicted octanol–water partition coefficient (Wildman–Crippen LogP) is 3.32. The molecule has 0 bridgehead atoms. The molecule has 2 aromatic heterocycles. The number of thiophene rings is 1. The first kappa shape index (κ1) is 20.6. The number of fused-ring (bicyclic) bond motifs is 3. The van der Waals surface area contributed by atoms with Gasteiger partial charge in [0.25, 0.3) is 0 Å². The minimum absolute atomic E-state index is 0.821. The van der Waals surface area contributed by atoms with Crippen LogP contribution in [0.15, 0.2) is 0 Å². The van der Waals surface area contributed by atoms with Crippen LogP contribution >= 0.6 is 11.3 Å². The summed E-state index contributed by atoms with van der Waals surface area (Å²) >= 11 is 1.94. The molecule has 0 unspecified atom stereocenters. The highest BCUT2D eigenvalue weighted by Crippen LogP contribution is 2.40. The van der Waals surface area contributed by atoms with Crippen LogP contribution in [0.1, 0.15) is 48.9 Å². The second-order valence-corrected chi connectivity index (χ2v) is 10.0. The van der Waals surface area contributed by atoms with Crippen molar-refractivity contribution < 1.29 is 4.74 Å². The summed E-state index contributed by atoms with van der Waals surface area (Å²) in [7, 11) is 0. The first-order valence-electron chi connectivity index (χ1n) is 11.9. The summed E-state index contributed by atoms with van der Waals surface area (Å²) in [5.41, 5.74) is 1.56. The predicted molar refractivity (Wildman–Crippen MR) is 124 cm³/mol. The molecule has 0 radical (unpaired) electrons. The zero-order valence-corrected chi connectivity index (χ0v) is 19.2. The van der Waals surface area contributed by atoms with E-state index in [1.807, 2.05) is 11.3 Å². The van der Waals surface area contributed by atoms with Crippen LogP contribution in [0, 0.1) is 0 Å². The van der Waals surface area contributed by atoms with Gasteiger partial charge in [0.1, 0.15) is 16.5 Å². The van der Waals surface area contributed by atoms with Crippen molar-refractivity contribution in [2.45, 2.75) is 52.0 Å². The first-order valence-corrected chi connectivity index (χ1v) is 12.7. The molecule has 0 atom stereocenters. The molecule has 7 heteroatoms. The van der Waals surface area contributed by atoms with E-state index in [1.54, 1.807) is 10.4 Å². The van der Waals surface area contributed by atoms with Gasteiger partial charge in [-0.15, -0.1) is 11.3 Å². The van der Waals surface area contributed by atoms with Crippen LogP contribution in [-0.4, -0.2) is 78.8 Å². The number of ether oxygens (including phenoxy) is 1. The molecule has 30 heavy (non-hydrogen) atoms. The Labute approximate surface area is 184 Å². The van der Waals surface area contributed by atoms with Crippen LogP contribution in [0.5, 0.6) is 0 Å². The SMILES string of the molecule is CCCN1CCCN(c2nc(CN3CCOCC3)nc3sc4c(c23)CCCC4)CC1. The van der Waals surface area contributed by atoms with E-state index in [-0.39, 0.29) is 0 Å². The molecule has 5 rings (SSSR count). The number of hydrogen-bond donors (Lipinski definition) is 0. The van der Waals surface area contributed by atoms with E-state index in [4.69, 9.17) is 14.7 Å². The monoisotopic (exact) mass is 429 g/mol.